The zero-order chi connectivity index (χ0) is 15.0. The maximum absolute atomic E-state index is 10.2. The van der Waals surface area contributed by atoms with E-state index in [1.807, 2.05) is 12.1 Å². The summed E-state index contributed by atoms with van der Waals surface area (Å²) in [6.07, 6.45) is 0.986. The lowest BCUT2D eigenvalue weighted by atomic mass is 10.1. The molecule has 0 amide bonds. The topological polar surface area (TPSA) is 88.0 Å². The Labute approximate surface area is 122 Å². The SMILES string of the molecule is O=C([O-])c1cccc(Cl)c1.[NH3+]CCc1ccc(O)cc1. The van der Waals surface area contributed by atoms with Crippen molar-refractivity contribution >= 4 is 17.6 Å². The molecule has 4 N–H and O–H groups in total. The molecule has 0 radical (unpaired) electrons. The van der Waals surface area contributed by atoms with Gasteiger partial charge in [0.2, 0.25) is 0 Å². The minimum absolute atomic E-state index is 0.104. The molecule has 0 aromatic heterocycles. The second-order valence-electron chi connectivity index (χ2n) is 4.07. The number of hydrogen-bond donors (Lipinski definition) is 2. The number of phenolic OH excluding ortho intramolecular Hbond substituents is 1. The van der Waals surface area contributed by atoms with Gasteiger partial charge in [-0.15, -0.1) is 0 Å². The average molecular weight is 294 g/mol. The molecule has 0 saturated carbocycles. The van der Waals surface area contributed by atoms with Crippen molar-refractivity contribution in [1.29, 1.82) is 0 Å². The second kappa shape index (κ2) is 8.19. The Morgan fingerprint density at radius 1 is 1.20 bits per heavy atom. The predicted molar refractivity (Wildman–Crippen MR) is 75.3 cm³/mol. The summed E-state index contributed by atoms with van der Waals surface area (Å²) < 4.78 is 0. The zero-order valence-electron chi connectivity index (χ0n) is 10.9. The number of carboxylic acids is 1. The van der Waals surface area contributed by atoms with E-state index in [1.54, 1.807) is 24.3 Å². The van der Waals surface area contributed by atoms with Crippen molar-refractivity contribution in [2.24, 2.45) is 0 Å². The number of carbonyl (C=O) groups is 1. The fraction of sp³-hybridized carbons (Fsp3) is 0.133. The van der Waals surface area contributed by atoms with Gasteiger partial charge in [-0.2, -0.15) is 0 Å². The number of hydrogen-bond acceptors (Lipinski definition) is 3. The summed E-state index contributed by atoms with van der Waals surface area (Å²) in [7, 11) is 0. The highest BCUT2D eigenvalue weighted by atomic mass is 35.5. The van der Waals surface area contributed by atoms with Gasteiger partial charge in [0.1, 0.15) is 5.75 Å². The lowest BCUT2D eigenvalue weighted by molar-refractivity contribution is -0.366. The summed E-state index contributed by atoms with van der Waals surface area (Å²) in [5.41, 5.74) is 5.07. The summed E-state index contributed by atoms with van der Waals surface area (Å²) in [4.78, 5) is 10.2. The van der Waals surface area contributed by atoms with Gasteiger partial charge < -0.3 is 20.7 Å². The van der Waals surface area contributed by atoms with Crippen LogP contribution < -0.4 is 10.8 Å². The first-order valence-corrected chi connectivity index (χ1v) is 6.45. The van der Waals surface area contributed by atoms with Crippen molar-refractivity contribution < 1.29 is 20.7 Å². The van der Waals surface area contributed by atoms with Crippen molar-refractivity contribution in [2.45, 2.75) is 6.42 Å². The third-order valence-electron chi connectivity index (χ3n) is 2.46. The van der Waals surface area contributed by atoms with Crippen LogP contribution in [0.25, 0.3) is 0 Å². The van der Waals surface area contributed by atoms with Crippen LogP contribution in [-0.2, 0) is 6.42 Å². The number of aromatic carboxylic acids is 1. The second-order valence-corrected chi connectivity index (χ2v) is 4.50. The highest BCUT2D eigenvalue weighted by Gasteiger charge is 1.92. The highest BCUT2D eigenvalue weighted by Crippen LogP contribution is 2.09. The lowest BCUT2D eigenvalue weighted by Gasteiger charge is -2.00. The number of aromatic hydroxyl groups is 1. The average Bonchev–Trinajstić information content (AvgIpc) is 2.42. The Bertz CT molecular complexity index is 555. The first-order chi connectivity index (χ1) is 9.52. The van der Waals surface area contributed by atoms with Crippen molar-refractivity contribution in [3.8, 4) is 5.75 Å². The molecule has 0 unspecified atom stereocenters. The molecule has 5 heteroatoms. The van der Waals surface area contributed by atoms with Crippen LogP contribution in [0.5, 0.6) is 5.75 Å². The molecule has 106 valence electrons. The number of rotatable bonds is 3. The summed E-state index contributed by atoms with van der Waals surface area (Å²) in [6, 6.07) is 13.2. The van der Waals surface area contributed by atoms with Crippen LogP contribution in [0.2, 0.25) is 5.02 Å². The van der Waals surface area contributed by atoms with Gasteiger partial charge in [0.05, 0.1) is 12.5 Å². The Hall–Kier alpha value is -2.04. The van der Waals surface area contributed by atoms with Gasteiger partial charge in [0.15, 0.2) is 0 Å². The van der Waals surface area contributed by atoms with Crippen LogP contribution >= 0.6 is 11.6 Å². The quantitative estimate of drug-likeness (QED) is 0.880. The molecule has 0 aliphatic rings. The largest absolute Gasteiger partial charge is 0.545 e. The lowest BCUT2D eigenvalue weighted by Crippen LogP contribution is -2.51. The van der Waals surface area contributed by atoms with Gasteiger partial charge in [0.25, 0.3) is 0 Å². The molecule has 0 heterocycles. The molecular formula is C15H16ClNO3. The van der Waals surface area contributed by atoms with E-state index in [1.165, 1.54) is 17.7 Å². The summed E-state index contributed by atoms with van der Waals surface area (Å²) in [6.45, 7) is 0.908. The number of quaternary nitrogens is 1. The Kier molecular flexibility index (Phi) is 6.56. The smallest absolute Gasteiger partial charge is 0.115 e. The molecule has 0 atom stereocenters. The van der Waals surface area contributed by atoms with Crippen LogP contribution in [0.3, 0.4) is 0 Å². The fourth-order valence-electron chi connectivity index (χ4n) is 1.48. The minimum atomic E-state index is -1.21. The first kappa shape index (κ1) is 16.0. The van der Waals surface area contributed by atoms with Crippen molar-refractivity contribution in [1.82, 2.24) is 0 Å². The Morgan fingerprint density at radius 3 is 2.30 bits per heavy atom. The third-order valence-corrected chi connectivity index (χ3v) is 2.70. The van der Waals surface area contributed by atoms with E-state index in [0.717, 1.165) is 13.0 Å². The van der Waals surface area contributed by atoms with Crippen LogP contribution in [0.4, 0.5) is 0 Å². The predicted octanol–water partition coefficient (Wildman–Crippen LogP) is 0.880. The fourth-order valence-corrected chi connectivity index (χ4v) is 1.67. The molecule has 2 aromatic rings. The summed E-state index contributed by atoms with van der Waals surface area (Å²) >= 11 is 5.50. The molecule has 20 heavy (non-hydrogen) atoms. The Morgan fingerprint density at radius 2 is 1.85 bits per heavy atom. The number of halogens is 1. The van der Waals surface area contributed by atoms with E-state index in [0.29, 0.717) is 10.8 Å². The highest BCUT2D eigenvalue weighted by molar-refractivity contribution is 6.30. The van der Waals surface area contributed by atoms with Gasteiger partial charge in [-0.1, -0.05) is 35.9 Å². The third kappa shape index (κ3) is 5.73. The maximum atomic E-state index is 10.2. The zero-order valence-corrected chi connectivity index (χ0v) is 11.6. The molecule has 4 nitrogen and oxygen atoms in total. The monoisotopic (exact) mass is 293 g/mol. The molecule has 0 aliphatic heterocycles. The van der Waals surface area contributed by atoms with Gasteiger partial charge >= 0.3 is 0 Å². The minimum Gasteiger partial charge on any atom is -0.545 e. The van der Waals surface area contributed by atoms with E-state index in [4.69, 9.17) is 16.7 Å². The maximum Gasteiger partial charge on any atom is 0.115 e. The van der Waals surface area contributed by atoms with E-state index in [9.17, 15) is 9.90 Å². The van der Waals surface area contributed by atoms with Crippen LogP contribution in [-0.4, -0.2) is 17.6 Å². The van der Waals surface area contributed by atoms with E-state index < -0.39 is 5.97 Å². The van der Waals surface area contributed by atoms with E-state index in [-0.39, 0.29) is 5.56 Å². The number of phenols is 1. The molecule has 0 saturated heterocycles. The number of carbonyl (C=O) groups excluding carboxylic acids is 1. The molecule has 2 rings (SSSR count). The molecule has 2 aromatic carbocycles. The van der Waals surface area contributed by atoms with Crippen LogP contribution in [0.1, 0.15) is 15.9 Å². The van der Waals surface area contributed by atoms with Gasteiger partial charge in [-0.3, -0.25) is 0 Å². The standard InChI is InChI=1S/C8H11NO.C7H5ClO2/c9-6-5-7-1-3-8(10)4-2-7;8-6-3-1-2-5(4-6)7(9)10/h1-4,10H,5-6,9H2;1-4H,(H,9,10). The number of benzene rings is 2. The Balaban J connectivity index is 0.000000200. The molecule has 0 aliphatic carbocycles. The van der Waals surface area contributed by atoms with E-state index >= 15 is 0 Å². The van der Waals surface area contributed by atoms with Crippen LogP contribution in [0, 0.1) is 0 Å². The van der Waals surface area contributed by atoms with Gasteiger partial charge in [-0.05, 0) is 35.4 Å². The van der Waals surface area contributed by atoms with Gasteiger partial charge in [0, 0.05) is 11.4 Å². The van der Waals surface area contributed by atoms with E-state index in [2.05, 4.69) is 5.73 Å². The summed E-state index contributed by atoms with van der Waals surface area (Å²) in [5.74, 6) is -0.879. The first-order valence-electron chi connectivity index (χ1n) is 6.07. The molecule has 0 fully saturated rings. The summed E-state index contributed by atoms with van der Waals surface area (Å²) in [5, 5.41) is 19.5. The van der Waals surface area contributed by atoms with Crippen molar-refractivity contribution in [2.75, 3.05) is 6.54 Å². The van der Waals surface area contributed by atoms with Crippen LogP contribution in [0.15, 0.2) is 48.5 Å². The normalized spacial score (nSPS) is 9.50. The van der Waals surface area contributed by atoms with Crippen molar-refractivity contribution in [3.05, 3.63) is 64.7 Å². The molecule has 0 bridgehead atoms. The van der Waals surface area contributed by atoms with Gasteiger partial charge in [-0.25, -0.2) is 0 Å². The molecular weight excluding hydrogens is 278 g/mol. The van der Waals surface area contributed by atoms with Crippen molar-refractivity contribution in [3.63, 3.8) is 0 Å². The molecule has 0 spiro atoms. The number of carboxylic acid groups (broad SMARTS) is 1.